The van der Waals surface area contributed by atoms with Crippen LogP contribution in [0, 0.1) is 0 Å². The summed E-state index contributed by atoms with van der Waals surface area (Å²) in [5.74, 6) is 0. The molecule has 0 N–H and O–H groups in total. The molecule has 1 nitrogen and oxygen atoms in total. The van der Waals surface area contributed by atoms with Crippen molar-refractivity contribution in [2.75, 3.05) is 14.1 Å². The Morgan fingerprint density at radius 2 is 1.64 bits per heavy atom. The predicted octanol–water partition coefficient (Wildman–Crippen LogP) is 0.340. The van der Waals surface area contributed by atoms with Gasteiger partial charge in [-0.3, -0.25) is 0 Å². The van der Waals surface area contributed by atoms with Gasteiger partial charge in [-0.05, 0) is 31.9 Å². The standard InChI is InChI=1S/C10H14Br2N.ClH/c1-13(2,10(11)12)8-9-6-4-3-5-7-9;/h3-7,10H,8H2,1-2H3;1H/q+1;/p-1. The first-order valence-corrected chi connectivity index (χ1v) is 6.00. The lowest BCUT2D eigenvalue weighted by Crippen LogP contribution is -3.00. The molecule has 0 fully saturated rings. The molecule has 0 saturated carbocycles. The van der Waals surface area contributed by atoms with Crippen LogP contribution in [0.3, 0.4) is 0 Å². The van der Waals surface area contributed by atoms with E-state index < -0.39 is 0 Å². The molecule has 0 aliphatic rings. The van der Waals surface area contributed by atoms with Gasteiger partial charge in [-0.15, -0.1) is 0 Å². The van der Waals surface area contributed by atoms with Gasteiger partial charge in [0, 0.05) is 5.56 Å². The van der Waals surface area contributed by atoms with E-state index in [1.54, 1.807) is 0 Å². The number of benzene rings is 1. The van der Waals surface area contributed by atoms with Crippen LogP contribution in [-0.2, 0) is 6.54 Å². The van der Waals surface area contributed by atoms with E-state index in [-0.39, 0.29) is 12.4 Å². The van der Waals surface area contributed by atoms with Gasteiger partial charge in [-0.1, -0.05) is 30.3 Å². The first-order chi connectivity index (χ1) is 6.02. The fourth-order valence-electron chi connectivity index (χ4n) is 1.12. The van der Waals surface area contributed by atoms with Gasteiger partial charge in [0.2, 0.25) is 0 Å². The van der Waals surface area contributed by atoms with Crippen LogP contribution in [0.5, 0.6) is 0 Å². The van der Waals surface area contributed by atoms with Crippen molar-refractivity contribution < 1.29 is 16.9 Å². The average molecular weight is 343 g/mol. The minimum absolute atomic E-state index is 0. The van der Waals surface area contributed by atoms with E-state index in [0.717, 1.165) is 11.0 Å². The van der Waals surface area contributed by atoms with E-state index >= 15 is 0 Å². The number of hydrogen-bond acceptors (Lipinski definition) is 0. The van der Waals surface area contributed by atoms with Crippen molar-refractivity contribution in [3.63, 3.8) is 0 Å². The van der Waals surface area contributed by atoms with Crippen LogP contribution in [0.1, 0.15) is 5.56 Å². The zero-order valence-corrected chi connectivity index (χ0v) is 12.2. The second kappa shape index (κ2) is 6.11. The van der Waals surface area contributed by atoms with Gasteiger partial charge in [-0.25, -0.2) is 0 Å². The van der Waals surface area contributed by atoms with Gasteiger partial charge in [0.15, 0.2) is 3.86 Å². The number of quaternary nitrogens is 1. The van der Waals surface area contributed by atoms with Gasteiger partial charge >= 0.3 is 0 Å². The summed E-state index contributed by atoms with van der Waals surface area (Å²) in [6.45, 7) is 1.02. The van der Waals surface area contributed by atoms with E-state index in [2.05, 4.69) is 70.2 Å². The summed E-state index contributed by atoms with van der Waals surface area (Å²) in [4.78, 5) is 0. The average Bonchev–Trinajstić information content (AvgIpc) is 2.05. The summed E-state index contributed by atoms with van der Waals surface area (Å²) in [6.07, 6.45) is 0. The predicted molar refractivity (Wildman–Crippen MR) is 63.9 cm³/mol. The van der Waals surface area contributed by atoms with E-state index in [0.29, 0.717) is 3.86 Å². The highest BCUT2D eigenvalue weighted by Crippen LogP contribution is 2.22. The fourth-order valence-corrected chi connectivity index (χ4v) is 1.41. The molecule has 1 aromatic carbocycles. The fraction of sp³-hybridized carbons (Fsp3) is 0.400. The number of halogens is 3. The first kappa shape index (κ1) is 14.4. The molecule has 0 bridgehead atoms. The van der Waals surface area contributed by atoms with Crippen LogP contribution in [0.25, 0.3) is 0 Å². The van der Waals surface area contributed by atoms with Crippen LogP contribution >= 0.6 is 31.9 Å². The number of alkyl halides is 2. The third-order valence-corrected chi connectivity index (χ3v) is 4.18. The lowest BCUT2D eigenvalue weighted by molar-refractivity contribution is -0.897. The highest BCUT2D eigenvalue weighted by Gasteiger charge is 2.22. The minimum Gasteiger partial charge on any atom is -1.00 e. The summed E-state index contributed by atoms with van der Waals surface area (Å²) in [6, 6.07) is 10.5. The molecule has 0 aromatic heterocycles. The molecule has 0 aliphatic carbocycles. The van der Waals surface area contributed by atoms with E-state index in [1.807, 2.05) is 6.07 Å². The summed E-state index contributed by atoms with van der Waals surface area (Å²) in [5.41, 5.74) is 1.36. The lowest BCUT2D eigenvalue weighted by Gasteiger charge is -2.31. The molecule has 0 unspecified atom stereocenters. The molecule has 1 rings (SSSR count). The van der Waals surface area contributed by atoms with Gasteiger partial charge in [0.25, 0.3) is 0 Å². The molecule has 14 heavy (non-hydrogen) atoms. The van der Waals surface area contributed by atoms with Crippen molar-refractivity contribution in [1.29, 1.82) is 0 Å². The summed E-state index contributed by atoms with van der Waals surface area (Å²) < 4.78 is 1.17. The Balaban J connectivity index is 0.00000169. The second-order valence-corrected chi connectivity index (χ2v) is 6.66. The van der Waals surface area contributed by atoms with Crippen molar-refractivity contribution in [3.8, 4) is 0 Å². The quantitative estimate of drug-likeness (QED) is 0.422. The maximum Gasteiger partial charge on any atom is 0.198 e. The molecule has 0 radical (unpaired) electrons. The van der Waals surface area contributed by atoms with Crippen LogP contribution in [0.15, 0.2) is 30.3 Å². The monoisotopic (exact) mass is 341 g/mol. The summed E-state index contributed by atoms with van der Waals surface area (Å²) in [7, 11) is 4.36. The normalized spacial score (nSPS) is 11.2. The zero-order valence-electron chi connectivity index (χ0n) is 8.25. The smallest absolute Gasteiger partial charge is 0.198 e. The molecule has 80 valence electrons. The Morgan fingerprint density at radius 1 is 1.14 bits per heavy atom. The first-order valence-electron chi connectivity index (χ1n) is 4.17. The van der Waals surface area contributed by atoms with Crippen molar-refractivity contribution in [2.24, 2.45) is 0 Å². The van der Waals surface area contributed by atoms with Crippen LogP contribution in [-0.4, -0.2) is 22.4 Å². The van der Waals surface area contributed by atoms with E-state index in [1.165, 1.54) is 5.56 Å². The van der Waals surface area contributed by atoms with Crippen molar-refractivity contribution >= 4 is 31.9 Å². The van der Waals surface area contributed by atoms with E-state index in [4.69, 9.17) is 0 Å². The molecule has 1 aromatic rings. The number of nitrogens with zero attached hydrogens (tertiary/aromatic N) is 1. The molecule has 0 heterocycles. The molecule has 0 saturated heterocycles. The van der Waals surface area contributed by atoms with Crippen molar-refractivity contribution in [1.82, 2.24) is 0 Å². The topological polar surface area (TPSA) is 0 Å². The van der Waals surface area contributed by atoms with Crippen LogP contribution in [0.2, 0.25) is 0 Å². The number of rotatable bonds is 3. The third-order valence-electron chi connectivity index (χ3n) is 1.96. The Labute approximate surface area is 109 Å². The molecule has 0 atom stereocenters. The largest absolute Gasteiger partial charge is 1.00 e. The Morgan fingerprint density at radius 3 is 2.07 bits per heavy atom. The highest BCUT2D eigenvalue weighted by molar-refractivity contribution is 9.24. The zero-order chi connectivity index (χ0) is 9.90. The van der Waals surface area contributed by atoms with Crippen LogP contribution in [0.4, 0.5) is 0 Å². The highest BCUT2D eigenvalue weighted by atomic mass is 79.9. The van der Waals surface area contributed by atoms with E-state index in [9.17, 15) is 0 Å². The van der Waals surface area contributed by atoms with Gasteiger partial charge < -0.3 is 16.9 Å². The Kier molecular flexibility index (Phi) is 6.30. The summed E-state index contributed by atoms with van der Waals surface area (Å²) >= 11 is 7.08. The van der Waals surface area contributed by atoms with Crippen LogP contribution < -0.4 is 12.4 Å². The Hall–Kier alpha value is 0.430. The van der Waals surface area contributed by atoms with Crippen molar-refractivity contribution in [3.05, 3.63) is 35.9 Å². The Bertz CT molecular complexity index is 262. The lowest BCUT2D eigenvalue weighted by atomic mass is 10.2. The third kappa shape index (κ3) is 4.30. The number of hydrogen-bond donors (Lipinski definition) is 0. The molecular formula is C10H14Br2ClN. The maximum atomic E-state index is 3.54. The minimum atomic E-state index is 0. The van der Waals surface area contributed by atoms with Gasteiger partial charge in [0.05, 0.1) is 14.1 Å². The maximum absolute atomic E-state index is 3.54. The second-order valence-electron chi connectivity index (χ2n) is 3.70. The molecule has 0 spiro atoms. The van der Waals surface area contributed by atoms with Crippen molar-refractivity contribution in [2.45, 2.75) is 10.4 Å². The van der Waals surface area contributed by atoms with Gasteiger partial charge in [0.1, 0.15) is 6.54 Å². The molecular weight excluding hydrogens is 329 g/mol. The molecule has 0 aliphatic heterocycles. The molecule has 4 heteroatoms. The summed E-state index contributed by atoms with van der Waals surface area (Å²) in [5, 5.41) is 0. The van der Waals surface area contributed by atoms with Gasteiger partial charge in [-0.2, -0.15) is 0 Å². The molecule has 0 amide bonds. The SMILES string of the molecule is C[N+](C)(Cc1ccccc1)C(Br)Br.[Cl-].